The molecule has 1 rings (SSSR count). The van der Waals surface area contributed by atoms with Crippen LogP contribution in [0.25, 0.3) is 0 Å². The van der Waals surface area contributed by atoms with E-state index in [0.29, 0.717) is 6.54 Å². The Bertz CT molecular complexity index is 379. The number of halogens is 4. The molecular weight excluding hydrogens is 243 g/mol. The molecule has 1 aromatic carbocycles. The number of aromatic hydroxyl groups is 1. The Balaban J connectivity index is 3.12. The number of hydrogen-bond acceptors (Lipinski definition) is 2. The molecule has 0 aliphatic rings. The van der Waals surface area contributed by atoms with Gasteiger partial charge in [-0.05, 0) is 37.7 Å². The monoisotopic (exact) mass is 253 g/mol. The molecule has 1 aromatic rings. The molecule has 0 bridgehead atoms. The Morgan fingerprint density at radius 2 is 2.00 bits per heavy atom. The van der Waals surface area contributed by atoms with Crippen molar-refractivity contribution >= 4 is 11.6 Å². The minimum atomic E-state index is -4.45. The maximum atomic E-state index is 12.4. The molecule has 16 heavy (non-hydrogen) atoms. The topological polar surface area (TPSA) is 32.3 Å². The molecule has 0 amide bonds. The van der Waals surface area contributed by atoms with Gasteiger partial charge in [-0.3, -0.25) is 0 Å². The number of hydrogen-bond donors (Lipinski definition) is 2. The Hall–Kier alpha value is -0.940. The third kappa shape index (κ3) is 3.02. The van der Waals surface area contributed by atoms with E-state index in [-0.39, 0.29) is 22.8 Å². The van der Waals surface area contributed by atoms with Crippen LogP contribution in [0.1, 0.15) is 11.1 Å². The molecular formula is C10H11ClF3NO. The van der Waals surface area contributed by atoms with Gasteiger partial charge in [-0.25, -0.2) is 0 Å². The minimum Gasteiger partial charge on any atom is -0.506 e. The van der Waals surface area contributed by atoms with Crippen LogP contribution in [0.5, 0.6) is 5.75 Å². The summed E-state index contributed by atoms with van der Waals surface area (Å²) in [7, 11) is 1.67. The molecule has 0 radical (unpaired) electrons. The highest BCUT2D eigenvalue weighted by Gasteiger charge is 2.31. The average molecular weight is 254 g/mol. The lowest BCUT2D eigenvalue weighted by molar-refractivity contribution is -0.137. The number of nitrogens with one attached hydrogen (secondary N) is 1. The molecule has 0 aliphatic heterocycles. The lowest BCUT2D eigenvalue weighted by Crippen LogP contribution is -2.12. The van der Waals surface area contributed by atoms with Crippen molar-refractivity contribution in [3.05, 3.63) is 28.3 Å². The van der Waals surface area contributed by atoms with Crippen molar-refractivity contribution in [2.45, 2.75) is 12.6 Å². The Kier molecular flexibility index (Phi) is 4.04. The second-order valence-corrected chi connectivity index (χ2v) is 3.72. The van der Waals surface area contributed by atoms with Crippen molar-refractivity contribution in [1.82, 2.24) is 5.32 Å². The Labute approximate surface area is 96.0 Å². The van der Waals surface area contributed by atoms with E-state index in [1.807, 2.05) is 0 Å². The largest absolute Gasteiger partial charge is 0.506 e. The highest BCUT2D eigenvalue weighted by atomic mass is 35.5. The number of rotatable bonds is 3. The first-order valence-corrected chi connectivity index (χ1v) is 4.97. The van der Waals surface area contributed by atoms with Gasteiger partial charge in [0.25, 0.3) is 0 Å². The van der Waals surface area contributed by atoms with Gasteiger partial charge in [0.1, 0.15) is 5.75 Å². The molecule has 0 saturated heterocycles. The number of alkyl halides is 3. The van der Waals surface area contributed by atoms with Gasteiger partial charge in [0.05, 0.1) is 10.6 Å². The van der Waals surface area contributed by atoms with Crippen LogP contribution in [-0.4, -0.2) is 18.7 Å². The lowest BCUT2D eigenvalue weighted by Gasteiger charge is -2.12. The quantitative estimate of drug-likeness (QED) is 0.868. The van der Waals surface area contributed by atoms with E-state index in [4.69, 9.17) is 11.6 Å². The molecule has 0 heterocycles. The van der Waals surface area contributed by atoms with E-state index in [2.05, 4.69) is 5.32 Å². The highest BCUT2D eigenvalue weighted by Crippen LogP contribution is 2.36. The maximum Gasteiger partial charge on any atom is 0.416 e. The van der Waals surface area contributed by atoms with Crippen LogP contribution >= 0.6 is 11.6 Å². The fourth-order valence-electron chi connectivity index (χ4n) is 1.27. The SMILES string of the molecule is CNCCc1cc(C(F)(F)F)cc(Cl)c1O. The third-order valence-corrected chi connectivity index (χ3v) is 2.40. The van der Waals surface area contributed by atoms with Gasteiger partial charge in [-0.15, -0.1) is 0 Å². The summed E-state index contributed by atoms with van der Waals surface area (Å²) >= 11 is 5.53. The van der Waals surface area contributed by atoms with Crippen molar-refractivity contribution in [2.75, 3.05) is 13.6 Å². The van der Waals surface area contributed by atoms with E-state index < -0.39 is 11.7 Å². The summed E-state index contributed by atoms with van der Waals surface area (Å²) in [6, 6.07) is 1.64. The molecule has 90 valence electrons. The highest BCUT2D eigenvalue weighted by molar-refractivity contribution is 6.32. The predicted octanol–water partition coefficient (Wildman–Crippen LogP) is 2.83. The van der Waals surface area contributed by atoms with E-state index in [9.17, 15) is 18.3 Å². The normalized spacial score (nSPS) is 11.8. The molecule has 0 spiro atoms. The van der Waals surface area contributed by atoms with Gasteiger partial charge in [0.2, 0.25) is 0 Å². The first-order chi connectivity index (χ1) is 7.36. The predicted molar refractivity (Wildman–Crippen MR) is 55.7 cm³/mol. The van der Waals surface area contributed by atoms with E-state index in [0.717, 1.165) is 12.1 Å². The summed E-state index contributed by atoms with van der Waals surface area (Å²) in [5, 5.41) is 12.0. The first kappa shape index (κ1) is 13.1. The molecule has 6 heteroatoms. The summed E-state index contributed by atoms with van der Waals surface area (Å²) in [5.74, 6) is -0.287. The second kappa shape index (κ2) is 4.93. The average Bonchev–Trinajstić information content (AvgIpc) is 2.18. The van der Waals surface area contributed by atoms with Crippen molar-refractivity contribution in [1.29, 1.82) is 0 Å². The van der Waals surface area contributed by atoms with Gasteiger partial charge in [0, 0.05) is 0 Å². The number of benzene rings is 1. The van der Waals surface area contributed by atoms with Crippen LogP contribution in [0.2, 0.25) is 5.02 Å². The van der Waals surface area contributed by atoms with Crippen LogP contribution in [-0.2, 0) is 12.6 Å². The van der Waals surface area contributed by atoms with Gasteiger partial charge in [-0.1, -0.05) is 11.6 Å². The van der Waals surface area contributed by atoms with E-state index in [1.165, 1.54) is 0 Å². The molecule has 0 unspecified atom stereocenters. The molecule has 0 atom stereocenters. The van der Waals surface area contributed by atoms with Crippen LogP contribution in [0, 0.1) is 0 Å². The first-order valence-electron chi connectivity index (χ1n) is 4.59. The molecule has 2 N–H and O–H groups in total. The van der Waals surface area contributed by atoms with Crippen molar-refractivity contribution in [2.24, 2.45) is 0 Å². The molecule has 0 saturated carbocycles. The minimum absolute atomic E-state index is 0.189. The van der Waals surface area contributed by atoms with Crippen molar-refractivity contribution in [3.8, 4) is 5.75 Å². The molecule has 2 nitrogen and oxygen atoms in total. The standard InChI is InChI=1S/C10H11ClF3NO/c1-15-3-2-6-4-7(10(12,13)14)5-8(11)9(6)16/h4-5,15-16H,2-3H2,1H3. The van der Waals surface area contributed by atoms with E-state index >= 15 is 0 Å². The summed E-state index contributed by atoms with van der Waals surface area (Å²) in [6.45, 7) is 0.463. The zero-order valence-electron chi connectivity index (χ0n) is 8.53. The fraction of sp³-hybridized carbons (Fsp3) is 0.400. The van der Waals surface area contributed by atoms with Gasteiger partial charge in [0.15, 0.2) is 0 Å². The van der Waals surface area contributed by atoms with Crippen molar-refractivity contribution < 1.29 is 18.3 Å². The number of phenols is 1. The molecule has 0 aliphatic carbocycles. The third-order valence-electron chi connectivity index (χ3n) is 2.11. The maximum absolute atomic E-state index is 12.4. The van der Waals surface area contributed by atoms with Gasteiger partial charge in [-0.2, -0.15) is 13.2 Å². The summed E-state index contributed by atoms with van der Waals surface area (Å²) in [6.07, 6.45) is -4.17. The zero-order valence-corrected chi connectivity index (χ0v) is 9.28. The lowest BCUT2D eigenvalue weighted by atomic mass is 10.1. The van der Waals surface area contributed by atoms with Crippen LogP contribution in [0.3, 0.4) is 0 Å². The smallest absolute Gasteiger partial charge is 0.416 e. The molecule has 0 fully saturated rings. The number of likely N-dealkylation sites (N-methyl/N-ethyl adjacent to an activating group) is 1. The zero-order chi connectivity index (χ0) is 12.3. The van der Waals surface area contributed by atoms with Gasteiger partial charge < -0.3 is 10.4 Å². The van der Waals surface area contributed by atoms with E-state index in [1.54, 1.807) is 7.05 Å². The fourth-order valence-corrected chi connectivity index (χ4v) is 1.51. The summed E-state index contributed by atoms with van der Waals surface area (Å²) in [5.41, 5.74) is -0.657. The summed E-state index contributed by atoms with van der Waals surface area (Å²) < 4.78 is 37.3. The Morgan fingerprint density at radius 1 is 1.38 bits per heavy atom. The summed E-state index contributed by atoms with van der Waals surface area (Å²) in [4.78, 5) is 0. The van der Waals surface area contributed by atoms with Crippen molar-refractivity contribution in [3.63, 3.8) is 0 Å². The molecule has 0 aromatic heterocycles. The number of phenolic OH excluding ortho intramolecular Hbond substituents is 1. The Morgan fingerprint density at radius 3 is 2.50 bits per heavy atom. The van der Waals surface area contributed by atoms with Crippen LogP contribution in [0.15, 0.2) is 12.1 Å². The second-order valence-electron chi connectivity index (χ2n) is 3.32. The van der Waals surface area contributed by atoms with Crippen LogP contribution in [0.4, 0.5) is 13.2 Å². The van der Waals surface area contributed by atoms with Gasteiger partial charge >= 0.3 is 6.18 Å². The van der Waals surface area contributed by atoms with Crippen LogP contribution < -0.4 is 5.32 Å².